The maximum Gasteiger partial charge on any atom is 0.414 e. The SMILES string of the molecule is NC(=O)[C@@H]1CCC(NOCc2ccccc2)CN1.O=C(O)C(=O)O. The summed E-state index contributed by atoms with van der Waals surface area (Å²) in [6.45, 7) is 1.24. The van der Waals surface area contributed by atoms with E-state index in [1.165, 1.54) is 0 Å². The van der Waals surface area contributed by atoms with Crippen molar-refractivity contribution in [2.24, 2.45) is 5.73 Å². The highest BCUT2D eigenvalue weighted by Crippen LogP contribution is 2.08. The number of carbonyl (C=O) groups excluding carboxylic acids is 1. The van der Waals surface area contributed by atoms with Gasteiger partial charge in [-0.15, -0.1) is 0 Å². The van der Waals surface area contributed by atoms with Crippen molar-refractivity contribution in [1.82, 2.24) is 10.8 Å². The lowest BCUT2D eigenvalue weighted by molar-refractivity contribution is -0.159. The van der Waals surface area contributed by atoms with Crippen LogP contribution in [0.4, 0.5) is 0 Å². The Morgan fingerprint density at radius 2 is 1.79 bits per heavy atom. The molecule has 1 aromatic carbocycles. The molecule has 9 heteroatoms. The molecule has 0 bridgehead atoms. The summed E-state index contributed by atoms with van der Waals surface area (Å²) in [6.07, 6.45) is 1.64. The second-order valence-electron chi connectivity index (χ2n) is 5.14. The van der Waals surface area contributed by atoms with Gasteiger partial charge in [-0.3, -0.25) is 9.63 Å². The third-order valence-corrected chi connectivity index (χ3v) is 3.27. The first-order valence-electron chi connectivity index (χ1n) is 7.30. The summed E-state index contributed by atoms with van der Waals surface area (Å²) in [5.74, 6) is -3.93. The summed E-state index contributed by atoms with van der Waals surface area (Å²) in [6, 6.07) is 10.0. The number of amides is 1. The Labute approximate surface area is 138 Å². The van der Waals surface area contributed by atoms with Crippen molar-refractivity contribution in [3.8, 4) is 0 Å². The summed E-state index contributed by atoms with van der Waals surface area (Å²) in [5, 5.41) is 17.9. The monoisotopic (exact) mass is 339 g/mol. The maximum absolute atomic E-state index is 11.0. The Bertz CT molecular complexity index is 531. The third kappa shape index (κ3) is 7.68. The highest BCUT2D eigenvalue weighted by Gasteiger charge is 2.23. The molecule has 0 radical (unpaired) electrons. The normalized spacial score (nSPS) is 19.7. The van der Waals surface area contributed by atoms with E-state index in [1.54, 1.807) is 0 Å². The third-order valence-electron chi connectivity index (χ3n) is 3.27. The number of nitrogens with two attached hydrogens (primary N) is 1. The summed E-state index contributed by atoms with van der Waals surface area (Å²) in [7, 11) is 0. The van der Waals surface area contributed by atoms with Crippen molar-refractivity contribution in [2.75, 3.05) is 6.54 Å². The van der Waals surface area contributed by atoms with E-state index in [2.05, 4.69) is 10.8 Å². The van der Waals surface area contributed by atoms with Gasteiger partial charge in [-0.2, -0.15) is 5.48 Å². The molecule has 1 aromatic rings. The second kappa shape index (κ2) is 10.3. The van der Waals surface area contributed by atoms with Crippen LogP contribution < -0.4 is 16.5 Å². The van der Waals surface area contributed by atoms with Crippen molar-refractivity contribution in [2.45, 2.75) is 31.5 Å². The van der Waals surface area contributed by atoms with Crippen molar-refractivity contribution >= 4 is 17.8 Å². The average molecular weight is 339 g/mol. The fraction of sp³-hybridized carbons (Fsp3) is 0.400. The van der Waals surface area contributed by atoms with Crippen molar-refractivity contribution < 1.29 is 29.4 Å². The Hall–Kier alpha value is -2.49. The van der Waals surface area contributed by atoms with E-state index in [-0.39, 0.29) is 18.0 Å². The molecule has 1 unspecified atom stereocenters. The molecule has 1 saturated heterocycles. The van der Waals surface area contributed by atoms with Crippen molar-refractivity contribution in [3.63, 3.8) is 0 Å². The van der Waals surface area contributed by atoms with Crippen LogP contribution in [0.1, 0.15) is 18.4 Å². The van der Waals surface area contributed by atoms with Crippen LogP contribution in [0.3, 0.4) is 0 Å². The van der Waals surface area contributed by atoms with Crippen LogP contribution in [0.2, 0.25) is 0 Å². The molecule has 1 heterocycles. The lowest BCUT2D eigenvalue weighted by Crippen LogP contribution is -2.52. The minimum Gasteiger partial charge on any atom is -0.473 e. The first kappa shape index (κ1) is 19.6. The van der Waals surface area contributed by atoms with Crippen LogP contribution in [0.15, 0.2) is 30.3 Å². The minimum absolute atomic E-state index is 0.197. The summed E-state index contributed by atoms with van der Waals surface area (Å²) in [4.78, 5) is 34.6. The van der Waals surface area contributed by atoms with Gasteiger partial charge in [-0.1, -0.05) is 30.3 Å². The number of carboxylic acid groups (broad SMARTS) is 2. The number of piperidine rings is 1. The fourth-order valence-corrected chi connectivity index (χ4v) is 2.02. The molecule has 0 spiro atoms. The van der Waals surface area contributed by atoms with E-state index >= 15 is 0 Å². The molecule has 0 aromatic heterocycles. The molecule has 2 rings (SSSR count). The average Bonchev–Trinajstić information content (AvgIpc) is 2.57. The number of nitrogens with one attached hydrogen (secondary N) is 2. The van der Waals surface area contributed by atoms with Gasteiger partial charge in [0.05, 0.1) is 12.6 Å². The highest BCUT2D eigenvalue weighted by atomic mass is 16.6. The van der Waals surface area contributed by atoms with Crippen LogP contribution in [0, 0.1) is 0 Å². The topological polar surface area (TPSA) is 151 Å². The molecule has 0 aliphatic carbocycles. The zero-order valence-corrected chi connectivity index (χ0v) is 13.0. The summed E-state index contributed by atoms with van der Waals surface area (Å²) < 4.78 is 0. The molecule has 132 valence electrons. The van der Waals surface area contributed by atoms with Gasteiger partial charge in [0.2, 0.25) is 5.91 Å². The number of primary amides is 1. The number of hydroxylamine groups is 1. The van der Waals surface area contributed by atoms with Crippen LogP contribution in [0.25, 0.3) is 0 Å². The maximum atomic E-state index is 11.0. The van der Waals surface area contributed by atoms with E-state index < -0.39 is 11.9 Å². The van der Waals surface area contributed by atoms with E-state index in [1.807, 2.05) is 30.3 Å². The molecular weight excluding hydrogens is 318 g/mol. The number of rotatable bonds is 5. The Kier molecular flexibility index (Phi) is 8.41. The van der Waals surface area contributed by atoms with E-state index in [0.29, 0.717) is 13.2 Å². The second-order valence-corrected chi connectivity index (χ2v) is 5.14. The molecule has 1 amide bonds. The minimum atomic E-state index is -1.82. The van der Waals surface area contributed by atoms with E-state index in [9.17, 15) is 4.79 Å². The van der Waals surface area contributed by atoms with Gasteiger partial charge in [-0.05, 0) is 18.4 Å². The number of benzene rings is 1. The molecule has 2 atom stereocenters. The van der Waals surface area contributed by atoms with Gasteiger partial charge >= 0.3 is 11.9 Å². The Morgan fingerprint density at radius 3 is 2.25 bits per heavy atom. The largest absolute Gasteiger partial charge is 0.473 e. The number of aliphatic carboxylic acids is 2. The van der Waals surface area contributed by atoms with Crippen molar-refractivity contribution in [1.29, 1.82) is 0 Å². The predicted octanol–water partition coefficient (Wildman–Crippen LogP) is -0.531. The highest BCUT2D eigenvalue weighted by molar-refractivity contribution is 6.27. The molecule has 1 fully saturated rings. The first-order chi connectivity index (χ1) is 11.4. The molecular formula is C15H21N3O6. The lowest BCUT2D eigenvalue weighted by Gasteiger charge is -2.28. The fourth-order valence-electron chi connectivity index (χ4n) is 2.02. The van der Waals surface area contributed by atoms with Gasteiger partial charge < -0.3 is 21.3 Å². The van der Waals surface area contributed by atoms with Gasteiger partial charge in [0, 0.05) is 12.6 Å². The van der Waals surface area contributed by atoms with Crippen LogP contribution in [-0.2, 0) is 25.8 Å². The smallest absolute Gasteiger partial charge is 0.414 e. The molecule has 1 aliphatic heterocycles. The number of hydrogen-bond donors (Lipinski definition) is 5. The number of hydrogen-bond acceptors (Lipinski definition) is 6. The summed E-state index contributed by atoms with van der Waals surface area (Å²) in [5.41, 5.74) is 9.38. The predicted molar refractivity (Wildman–Crippen MR) is 83.6 cm³/mol. The molecule has 9 nitrogen and oxygen atoms in total. The molecule has 6 N–H and O–H groups in total. The zero-order chi connectivity index (χ0) is 17.9. The lowest BCUT2D eigenvalue weighted by atomic mass is 10.0. The van der Waals surface area contributed by atoms with Gasteiger partial charge in [-0.25, -0.2) is 9.59 Å². The number of carboxylic acids is 2. The molecule has 1 aliphatic rings. The Morgan fingerprint density at radius 1 is 1.17 bits per heavy atom. The van der Waals surface area contributed by atoms with Crippen LogP contribution in [0.5, 0.6) is 0 Å². The number of carbonyl (C=O) groups is 3. The van der Waals surface area contributed by atoms with E-state index in [4.69, 9.17) is 30.4 Å². The van der Waals surface area contributed by atoms with Gasteiger partial charge in [0.1, 0.15) is 0 Å². The van der Waals surface area contributed by atoms with Gasteiger partial charge in [0.25, 0.3) is 0 Å². The molecule has 0 saturated carbocycles. The van der Waals surface area contributed by atoms with E-state index in [0.717, 1.165) is 18.4 Å². The Balaban J connectivity index is 0.000000413. The van der Waals surface area contributed by atoms with Crippen molar-refractivity contribution in [3.05, 3.63) is 35.9 Å². The zero-order valence-electron chi connectivity index (χ0n) is 13.0. The first-order valence-corrected chi connectivity index (χ1v) is 7.30. The molecule has 24 heavy (non-hydrogen) atoms. The standard InChI is InChI=1S/C13H19N3O2.C2H2O4/c14-13(17)12-7-6-11(8-15-12)16-18-9-10-4-2-1-3-5-10;3-1(4)2(5)6/h1-5,11-12,15-16H,6-9H2,(H2,14,17);(H,3,4)(H,5,6)/t11?,12-;/m0./s1. The van der Waals surface area contributed by atoms with Crippen LogP contribution >= 0.6 is 0 Å². The quantitative estimate of drug-likeness (QED) is 0.355. The van der Waals surface area contributed by atoms with Gasteiger partial charge in [0.15, 0.2) is 0 Å². The summed E-state index contributed by atoms with van der Waals surface area (Å²) >= 11 is 0. The van der Waals surface area contributed by atoms with Crippen LogP contribution in [-0.4, -0.2) is 46.7 Å².